The molecule has 0 aliphatic rings. The summed E-state index contributed by atoms with van der Waals surface area (Å²) in [7, 11) is -4.90. The number of hydrogen-bond donors (Lipinski definition) is 4. The number of benzene rings is 1. The van der Waals surface area contributed by atoms with E-state index in [1.165, 1.54) is 24.4 Å². The quantitative estimate of drug-likeness (QED) is 0.591. The number of aromatic nitrogens is 1. The fourth-order valence-corrected chi connectivity index (χ4v) is 1.99. The van der Waals surface area contributed by atoms with Crippen LogP contribution in [0, 0.1) is 0 Å². The van der Waals surface area contributed by atoms with Crippen LogP contribution in [0.15, 0.2) is 24.4 Å². The van der Waals surface area contributed by atoms with E-state index in [2.05, 4.69) is 9.17 Å². The van der Waals surface area contributed by atoms with E-state index in [9.17, 15) is 18.3 Å². The molecule has 0 fully saturated rings. The van der Waals surface area contributed by atoms with Crippen molar-refractivity contribution < 1.29 is 27.1 Å². The Bertz CT molecular complexity index is 736. The van der Waals surface area contributed by atoms with Crippen LogP contribution in [-0.4, -0.2) is 29.0 Å². The number of fused-ring (bicyclic) bond motifs is 1. The molecule has 5 N–H and O–H groups in total. The second kappa shape index (κ2) is 4.53. The number of carbonyl (C=O) groups is 1. The number of H-pyrrole nitrogens is 1. The van der Waals surface area contributed by atoms with Gasteiger partial charge in [0.25, 0.3) is 0 Å². The van der Waals surface area contributed by atoms with Crippen LogP contribution in [0.3, 0.4) is 0 Å². The first-order chi connectivity index (χ1) is 8.78. The normalized spacial score (nSPS) is 13.4. The summed E-state index contributed by atoms with van der Waals surface area (Å²) in [6.07, 6.45) is 1.39. The maximum atomic E-state index is 11.4. The molecule has 2 rings (SSSR count). The molecule has 0 radical (unpaired) electrons. The van der Waals surface area contributed by atoms with E-state index in [1.54, 1.807) is 0 Å². The van der Waals surface area contributed by atoms with E-state index < -0.39 is 22.4 Å². The van der Waals surface area contributed by atoms with Gasteiger partial charge in [-0.3, -0.25) is 4.55 Å². The molecule has 1 heterocycles. The highest BCUT2D eigenvalue weighted by Crippen LogP contribution is 2.26. The molecule has 102 valence electrons. The average Bonchev–Trinajstić information content (AvgIpc) is 2.68. The maximum Gasteiger partial charge on any atom is 0.449 e. The minimum absolute atomic E-state index is 0.0231. The van der Waals surface area contributed by atoms with Crippen LogP contribution in [0.1, 0.15) is 11.6 Å². The van der Waals surface area contributed by atoms with Gasteiger partial charge in [-0.05, 0) is 12.1 Å². The highest BCUT2D eigenvalue weighted by Gasteiger charge is 2.25. The summed E-state index contributed by atoms with van der Waals surface area (Å²) in [5, 5.41) is 9.81. The van der Waals surface area contributed by atoms with Gasteiger partial charge in [0.05, 0.1) is 0 Å². The van der Waals surface area contributed by atoms with Gasteiger partial charge >= 0.3 is 16.4 Å². The fraction of sp³-hybridized carbons (Fsp3) is 0.100. The number of phenols is 1. The summed E-state index contributed by atoms with van der Waals surface area (Å²) in [6, 6.07) is 2.93. The van der Waals surface area contributed by atoms with E-state index in [0.717, 1.165) is 0 Å². The molecule has 9 heteroatoms. The lowest BCUT2D eigenvalue weighted by Crippen LogP contribution is -2.25. The van der Waals surface area contributed by atoms with Crippen LogP contribution in [0.5, 0.6) is 5.75 Å². The standard InChI is InChI=1S/C10H10N2O6S/c11-9(10(14)18-19(15,16)17)7-4-12-8-3-5(13)1-2-6(7)8/h1-4,9,12-13H,11H2,(H,15,16,17). The van der Waals surface area contributed by atoms with Gasteiger partial charge < -0.3 is 20.0 Å². The van der Waals surface area contributed by atoms with E-state index in [1.807, 2.05) is 0 Å². The Morgan fingerprint density at radius 2 is 2.11 bits per heavy atom. The highest BCUT2D eigenvalue weighted by atomic mass is 32.3. The molecule has 2 aromatic rings. The van der Waals surface area contributed by atoms with Crippen molar-refractivity contribution in [3.05, 3.63) is 30.0 Å². The highest BCUT2D eigenvalue weighted by molar-refractivity contribution is 7.81. The average molecular weight is 286 g/mol. The second-order valence-electron chi connectivity index (χ2n) is 3.78. The number of nitrogens with two attached hydrogens (primary N) is 1. The van der Waals surface area contributed by atoms with Gasteiger partial charge in [0, 0.05) is 28.7 Å². The first-order valence-electron chi connectivity index (χ1n) is 5.04. The van der Waals surface area contributed by atoms with Crippen LogP contribution in [0.25, 0.3) is 10.9 Å². The first kappa shape index (κ1) is 13.3. The predicted octanol–water partition coefficient (Wildman–Crippen LogP) is 0.219. The lowest BCUT2D eigenvalue weighted by atomic mass is 10.1. The van der Waals surface area contributed by atoms with Crippen molar-refractivity contribution in [1.82, 2.24) is 4.98 Å². The summed E-state index contributed by atoms with van der Waals surface area (Å²) in [5.41, 5.74) is 6.36. The minimum Gasteiger partial charge on any atom is -0.508 e. The monoisotopic (exact) mass is 286 g/mol. The third-order valence-corrected chi connectivity index (χ3v) is 2.85. The summed E-state index contributed by atoms with van der Waals surface area (Å²) >= 11 is 0. The summed E-state index contributed by atoms with van der Waals surface area (Å²) in [6.45, 7) is 0. The van der Waals surface area contributed by atoms with Crippen LogP contribution < -0.4 is 5.73 Å². The topological polar surface area (TPSA) is 143 Å². The Balaban J connectivity index is 2.36. The van der Waals surface area contributed by atoms with Gasteiger partial charge in [-0.15, -0.1) is 0 Å². The molecule has 0 saturated carbocycles. The molecule has 1 unspecified atom stereocenters. The van der Waals surface area contributed by atoms with Crippen LogP contribution >= 0.6 is 0 Å². The number of carbonyl (C=O) groups excluding carboxylic acids is 1. The van der Waals surface area contributed by atoms with E-state index in [-0.39, 0.29) is 11.3 Å². The van der Waals surface area contributed by atoms with Crippen molar-refractivity contribution in [2.24, 2.45) is 5.73 Å². The summed E-state index contributed by atoms with van der Waals surface area (Å²) in [5.74, 6) is -1.29. The van der Waals surface area contributed by atoms with Gasteiger partial charge in [0.15, 0.2) is 0 Å². The SMILES string of the molecule is NC(C(=O)OS(=O)(=O)O)c1c[nH]c2cc(O)ccc12. The van der Waals surface area contributed by atoms with Crippen LogP contribution in [-0.2, 0) is 19.4 Å². The molecule has 0 spiro atoms. The molecule has 19 heavy (non-hydrogen) atoms. The van der Waals surface area contributed by atoms with Crippen molar-refractivity contribution in [3.63, 3.8) is 0 Å². The van der Waals surface area contributed by atoms with Crippen molar-refractivity contribution >= 4 is 27.3 Å². The van der Waals surface area contributed by atoms with Gasteiger partial charge in [-0.1, -0.05) is 0 Å². The Labute approximate surface area is 107 Å². The molecule has 0 aliphatic carbocycles. The van der Waals surface area contributed by atoms with Crippen molar-refractivity contribution in [2.45, 2.75) is 6.04 Å². The molecule has 0 saturated heterocycles. The molecule has 1 atom stereocenters. The number of phenolic OH excluding ortho intramolecular Hbond substituents is 1. The number of rotatable bonds is 3. The fourth-order valence-electron chi connectivity index (χ4n) is 1.68. The largest absolute Gasteiger partial charge is 0.508 e. The third-order valence-electron chi connectivity index (χ3n) is 2.47. The number of nitrogens with one attached hydrogen (secondary N) is 1. The first-order valence-corrected chi connectivity index (χ1v) is 6.41. The van der Waals surface area contributed by atoms with E-state index in [4.69, 9.17) is 10.3 Å². The Morgan fingerprint density at radius 1 is 1.42 bits per heavy atom. The zero-order valence-corrected chi connectivity index (χ0v) is 10.2. The lowest BCUT2D eigenvalue weighted by molar-refractivity contribution is -0.135. The zero-order valence-electron chi connectivity index (χ0n) is 9.40. The van der Waals surface area contributed by atoms with Crippen molar-refractivity contribution in [2.75, 3.05) is 0 Å². The van der Waals surface area contributed by atoms with Gasteiger partial charge in [0.2, 0.25) is 0 Å². The van der Waals surface area contributed by atoms with Gasteiger partial charge in [-0.2, -0.15) is 8.42 Å². The number of aromatic hydroxyl groups is 1. The van der Waals surface area contributed by atoms with E-state index in [0.29, 0.717) is 10.9 Å². The summed E-state index contributed by atoms with van der Waals surface area (Å²) in [4.78, 5) is 14.2. The molecule has 0 amide bonds. The Hall–Kier alpha value is -2.10. The van der Waals surface area contributed by atoms with Gasteiger partial charge in [0.1, 0.15) is 11.8 Å². The Kier molecular flexibility index (Phi) is 3.18. The molecular formula is C10H10N2O6S. The molecule has 8 nitrogen and oxygen atoms in total. The predicted molar refractivity (Wildman–Crippen MR) is 64.5 cm³/mol. The van der Waals surface area contributed by atoms with Crippen LogP contribution in [0.4, 0.5) is 0 Å². The molecule has 1 aromatic carbocycles. The Morgan fingerprint density at radius 3 is 2.74 bits per heavy atom. The molecule has 0 aliphatic heterocycles. The third kappa shape index (κ3) is 2.84. The zero-order chi connectivity index (χ0) is 14.2. The van der Waals surface area contributed by atoms with Crippen LogP contribution in [0.2, 0.25) is 0 Å². The number of hydrogen-bond acceptors (Lipinski definition) is 6. The number of aromatic amines is 1. The summed E-state index contributed by atoms with van der Waals surface area (Å²) < 4.78 is 33.1. The minimum atomic E-state index is -4.90. The van der Waals surface area contributed by atoms with E-state index >= 15 is 0 Å². The molecule has 0 bridgehead atoms. The smallest absolute Gasteiger partial charge is 0.449 e. The second-order valence-corrected chi connectivity index (χ2v) is 4.80. The lowest BCUT2D eigenvalue weighted by Gasteiger charge is -2.08. The maximum absolute atomic E-state index is 11.4. The van der Waals surface area contributed by atoms with Crippen molar-refractivity contribution in [3.8, 4) is 5.75 Å². The molecule has 1 aromatic heterocycles. The van der Waals surface area contributed by atoms with Crippen molar-refractivity contribution in [1.29, 1.82) is 0 Å². The molecular weight excluding hydrogens is 276 g/mol. The van der Waals surface area contributed by atoms with Gasteiger partial charge in [-0.25, -0.2) is 4.79 Å².